The van der Waals surface area contributed by atoms with E-state index in [0.29, 0.717) is 18.1 Å². The largest absolute Gasteiger partial charge is 0.465 e. The standard InChI is InChI=1S/C24H19N5O4/c1-32-24(31)18-14-29(13-17-20(18)26-27-22(17)30)19(12-15-8-4-2-5-9-15)23-25-21(28-33-23)16-10-6-3-7-11-16/h2-11,13-14,19H,12H2,1H3,(H,27,30)/t19-/m1/s1. The number of hydrogen-bond acceptors (Lipinski definition) is 7. The first-order valence-corrected chi connectivity index (χ1v) is 10.2. The normalized spacial score (nSPS) is 12.0. The Bertz CT molecular complexity index is 1420. The van der Waals surface area contributed by atoms with E-state index in [9.17, 15) is 9.59 Å². The van der Waals surface area contributed by atoms with Crippen LogP contribution in [0.1, 0.15) is 27.9 Å². The van der Waals surface area contributed by atoms with Gasteiger partial charge in [-0.1, -0.05) is 65.8 Å². The Balaban J connectivity index is 1.65. The summed E-state index contributed by atoms with van der Waals surface area (Å²) < 4.78 is 12.3. The number of nitrogens with zero attached hydrogens (tertiary/aromatic N) is 4. The average molecular weight is 441 g/mol. The predicted octanol–water partition coefficient (Wildman–Crippen LogP) is 3.34. The van der Waals surface area contributed by atoms with Crippen molar-refractivity contribution in [3.63, 3.8) is 0 Å². The Kier molecular flexibility index (Phi) is 5.27. The third kappa shape index (κ3) is 3.91. The molecule has 0 aliphatic carbocycles. The number of aromatic amines is 1. The summed E-state index contributed by atoms with van der Waals surface area (Å²) in [6.07, 6.45) is 3.71. The average Bonchev–Trinajstić information content (AvgIpc) is 3.50. The number of carbonyl (C=O) groups is 1. The number of esters is 1. The predicted molar refractivity (Wildman–Crippen MR) is 119 cm³/mol. The van der Waals surface area contributed by atoms with Gasteiger partial charge >= 0.3 is 5.97 Å². The van der Waals surface area contributed by atoms with E-state index in [2.05, 4.69) is 20.3 Å². The molecule has 0 bridgehead atoms. The van der Waals surface area contributed by atoms with Crippen molar-refractivity contribution >= 4 is 5.97 Å². The first kappa shape index (κ1) is 20.4. The molecule has 0 unspecified atom stereocenters. The number of ether oxygens (including phenoxy) is 1. The smallest absolute Gasteiger partial charge is 0.341 e. The highest BCUT2D eigenvalue weighted by Gasteiger charge is 2.27. The Morgan fingerprint density at radius 2 is 1.82 bits per heavy atom. The first-order valence-electron chi connectivity index (χ1n) is 10.2. The van der Waals surface area contributed by atoms with Gasteiger partial charge < -0.3 is 13.8 Å². The van der Waals surface area contributed by atoms with Crippen molar-refractivity contribution in [1.29, 1.82) is 0 Å². The Hall–Kier alpha value is -4.53. The van der Waals surface area contributed by atoms with E-state index in [1.165, 1.54) is 7.11 Å². The summed E-state index contributed by atoms with van der Waals surface area (Å²) in [5.74, 6) is 0.190. The minimum absolute atomic E-state index is 0.161. The third-order valence-electron chi connectivity index (χ3n) is 5.38. The van der Waals surface area contributed by atoms with Gasteiger partial charge in [0.05, 0.1) is 12.7 Å². The van der Waals surface area contributed by atoms with E-state index in [0.717, 1.165) is 11.1 Å². The molecule has 1 aromatic heterocycles. The van der Waals surface area contributed by atoms with Crippen molar-refractivity contribution in [1.82, 2.24) is 24.9 Å². The molecule has 0 amide bonds. The van der Waals surface area contributed by atoms with E-state index in [4.69, 9.17) is 9.26 Å². The quantitative estimate of drug-likeness (QED) is 0.402. The molecule has 2 aliphatic rings. The SMILES string of the molecule is COC(=O)c1cn([C@H](Cc2ccccc2)c2nc(-c3ccccc3)no2)cc2c(=O)[nH]nc1-2. The maximum absolute atomic E-state index is 12.5. The summed E-state index contributed by atoms with van der Waals surface area (Å²) in [7, 11) is 1.28. The summed E-state index contributed by atoms with van der Waals surface area (Å²) in [6, 6.07) is 18.8. The summed E-state index contributed by atoms with van der Waals surface area (Å²) in [5.41, 5.74) is 2.10. The Morgan fingerprint density at radius 1 is 1.09 bits per heavy atom. The summed E-state index contributed by atoms with van der Waals surface area (Å²) in [5, 5.41) is 10.5. The molecule has 3 heterocycles. The molecular formula is C24H19N5O4. The second-order valence-electron chi connectivity index (χ2n) is 7.45. The van der Waals surface area contributed by atoms with Gasteiger partial charge in [0, 0.05) is 24.4 Å². The lowest BCUT2D eigenvalue weighted by molar-refractivity contribution is 0.0600. The number of H-pyrrole nitrogens is 1. The van der Waals surface area contributed by atoms with Crippen LogP contribution in [0.3, 0.4) is 0 Å². The molecule has 9 heteroatoms. The van der Waals surface area contributed by atoms with Crippen LogP contribution in [0.25, 0.3) is 22.6 Å². The lowest BCUT2D eigenvalue weighted by atomic mass is 10.0. The van der Waals surface area contributed by atoms with Gasteiger partial charge in [-0.3, -0.25) is 4.79 Å². The zero-order valence-corrected chi connectivity index (χ0v) is 17.6. The van der Waals surface area contributed by atoms with Crippen molar-refractivity contribution in [2.24, 2.45) is 0 Å². The number of rotatable bonds is 6. The molecule has 0 saturated carbocycles. The Morgan fingerprint density at radius 3 is 2.55 bits per heavy atom. The van der Waals surface area contributed by atoms with E-state index < -0.39 is 17.6 Å². The van der Waals surface area contributed by atoms with Gasteiger partial charge in [0.1, 0.15) is 17.3 Å². The first-order chi connectivity index (χ1) is 16.1. The van der Waals surface area contributed by atoms with Crippen LogP contribution < -0.4 is 5.56 Å². The topological polar surface area (TPSA) is 116 Å². The van der Waals surface area contributed by atoms with E-state index >= 15 is 0 Å². The summed E-state index contributed by atoms with van der Waals surface area (Å²) >= 11 is 0. The van der Waals surface area contributed by atoms with Gasteiger partial charge in [0.25, 0.3) is 5.56 Å². The molecule has 0 spiro atoms. The van der Waals surface area contributed by atoms with Gasteiger partial charge in [-0.15, -0.1) is 0 Å². The molecule has 1 N–H and O–H groups in total. The van der Waals surface area contributed by atoms with Crippen LogP contribution in [0.4, 0.5) is 0 Å². The van der Waals surface area contributed by atoms with E-state index in [1.54, 1.807) is 17.0 Å². The van der Waals surface area contributed by atoms with Crippen molar-refractivity contribution in [2.45, 2.75) is 12.5 Å². The van der Waals surface area contributed by atoms with Crippen LogP contribution in [-0.4, -0.2) is 38.0 Å². The van der Waals surface area contributed by atoms with Gasteiger partial charge in [0.15, 0.2) is 0 Å². The number of methoxy groups -OCH3 is 1. The number of benzene rings is 2. The molecule has 0 saturated heterocycles. The molecule has 2 aromatic carbocycles. The highest BCUT2D eigenvalue weighted by Crippen LogP contribution is 2.29. The number of pyridine rings is 1. The number of nitrogens with one attached hydrogen (secondary N) is 1. The Labute approximate surface area is 188 Å². The van der Waals surface area contributed by atoms with Crippen molar-refractivity contribution in [3.8, 4) is 22.6 Å². The number of hydrogen-bond donors (Lipinski definition) is 1. The van der Waals surface area contributed by atoms with E-state index in [1.807, 2.05) is 60.7 Å². The van der Waals surface area contributed by atoms with Crippen LogP contribution in [0.2, 0.25) is 0 Å². The minimum atomic E-state index is -0.602. The van der Waals surface area contributed by atoms with Crippen LogP contribution in [0, 0.1) is 0 Å². The summed E-state index contributed by atoms with van der Waals surface area (Å²) in [6.45, 7) is 0. The van der Waals surface area contributed by atoms with Gasteiger partial charge in [-0.05, 0) is 5.56 Å². The maximum Gasteiger partial charge on any atom is 0.341 e. The number of fused-ring (bicyclic) bond motifs is 1. The van der Waals surface area contributed by atoms with Crippen LogP contribution in [0.15, 0.2) is 82.4 Å². The molecule has 164 valence electrons. The fourth-order valence-corrected chi connectivity index (χ4v) is 3.73. The zero-order chi connectivity index (χ0) is 22.8. The number of aromatic nitrogens is 5. The molecule has 0 radical (unpaired) electrons. The lowest BCUT2D eigenvalue weighted by Gasteiger charge is -2.19. The van der Waals surface area contributed by atoms with Crippen LogP contribution in [0.5, 0.6) is 0 Å². The van der Waals surface area contributed by atoms with Crippen molar-refractivity contribution in [2.75, 3.05) is 7.11 Å². The molecule has 33 heavy (non-hydrogen) atoms. The molecule has 5 rings (SSSR count). The molecule has 0 fully saturated rings. The highest BCUT2D eigenvalue weighted by molar-refractivity contribution is 5.95. The zero-order valence-electron chi connectivity index (χ0n) is 17.6. The third-order valence-corrected chi connectivity index (χ3v) is 5.38. The molecule has 1 atom stereocenters. The molecule has 2 aliphatic heterocycles. The monoisotopic (exact) mass is 441 g/mol. The van der Waals surface area contributed by atoms with Gasteiger partial charge in [-0.2, -0.15) is 10.1 Å². The lowest BCUT2D eigenvalue weighted by Crippen LogP contribution is -2.18. The van der Waals surface area contributed by atoms with E-state index in [-0.39, 0.29) is 16.8 Å². The maximum atomic E-state index is 12.5. The van der Waals surface area contributed by atoms with Crippen LogP contribution >= 0.6 is 0 Å². The molecule has 3 aromatic rings. The summed E-state index contributed by atoms with van der Waals surface area (Å²) in [4.78, 5) is 29.4. The molecular weight excluding hydrogens is 422 g/mol. The number of carbonyl (C=O) groups excluding carboxylic acids is 1. The highest BCUT2D eigenvalue weighted by atomic mass is 16.5. The second-order valence-corrected chi connectivity index (χ2v) is 7.45. The fourth-order valence-electron chi connectivity index (χ4n) is 3.73. The van der Waals surface area contributed by atoms with Gasteiger partial charge in [-0.25, -0.2) is 9.89 Å². The second kappa shape index (κ2) is 8.54. The van der Waals surface area contributed by atoms with Crippen LogP contribution in [-0.2, 0) is 11.2 Å². The van der Waals surface area contributed by atoms with Crippen molar-refractivity contribution < 1.29 is 14.1 Å². The van der Waals surface area contributed by atoms with Crippen molar-refractivity contribution in [3.05, 3.63) is 100 Å². The molecule has 9 nitrogen and oxygen atoms in total. The fraction of sp³-hybridized carbons (Fsp3) is 0.125. The van der Waals surface area contributed by atoms with Gasteiger partial charge in [0.2, 0.25) is 11.7 Å². The minimum Gasteiger partial charge on any atom is -0.465 e.